The fraction of sp³-hybridized carbons (Fsp3) is 0.263. The van der Waals surface area contributed by atoms with E-state index in [1.165, 1.54) is 17.1 Å². The topological polar surface area (TPSA) is 69.6 Å². The molecule has 1 atom stereocenters. The van der Waals surface area contributed by atoms with Crippen LogP contribution in [0.2, 0.25) is 0 Å². The van der Waals surface area contributed by atoms with Crippen molar-refractivity contribution in [1.82, 2.24) is 5.43 Å². The molecule has 0 saturated carbocycles. The molecule has 1 aliphatic heterocycles. The van der Waals surface area contributed by atoms with Gasteiger partial charge < -0.3 is 5.11 Å². The average molecular weight is 324 g/mol. The minimum atomic E-state index is -1.20. The quantitative estimate of drug-likeness (QED) is 0.831. The first-order valence-corrected chi connectivity index (χ1v) is 8.10. The van der Waals surface area contributed by atoms with E-state index in [2.05, 4.69) is 5.43 Å². The molecule has 1 saturated heterocycles. The van der Waals surface area contributed by atoms with Crippen LogP contribution >= 0.6 is 0 Å². The lowest BCUT2D eigenvalue weighted by atomic mass is 9.75. The van der Waals surface area contributed by atoms with Crippen LogP contribution in [-0.4, -0.2) is 16.9 Å². The highest BCUT2D eigenvalue weighted by Crippen LogP contribution is 2.38. The number of amides is 2. The number of aromatic hydroxyl groups is 1. The van der Waals surface area contributed by atoms with Gasteiger partial charge in [0.25, 0.3) is 11.8 Å². The molecule has 2 N–H and O–H groups in total. The third-order valence-electron chi connectivity index (χ3n) is 4.45. The molecule has 1 unspecified atom stereocenters. The van der Waals surface area contributed by atoms with Gasteiger partial charge in [-0.15, -0.1) is 0 Å². The molecule has 5 heteroatoms. The van der Waals surface area contributed by atoms with Crippen molar-refractivity contribution in [1.29, 1.82) is 0 Å². The summed E-state index contributed by atoms with van der Waals surface area (Å²) in [5, 5.41) is 10.7. The van der Waals surface area contributed by atoms with Crippen molar-refractivity contribution < 1.29 is 14.7 Å². The highest BCUT2D eigenvalue weighted by Gasteiger charge is 2.55. The van der Waals surface area contributed by atoms with Crippen LogP contribution in [-0.2, 0) is 15.0 Å². The lowest BCUT2D eigenvalue weighted by Crippen LogP contribution is -2.41. The van der Waals surface area contributed by atoms with Crippen LogP contribution in [0.25, 0.3) is 0 Å². The van der Waals surface area contributed by atoms with Crippen LogP contribution in [0.1, 0.15) is 31.7 Å². The molecular formula is C19H20N2O3. The normalized spacial score (nSPS) is 20.3. The van der Waals surface area contributed by atoms with E-state index in [1.54, 1.807) is 12.1 Å². The van der Waals surface area contributed by atoms with E-state index in [-0.39, 0.29) is 17.6 Å². The standard InChI is InChI=1S/C19H20N2O3/c1-2-3-13-19(14-7-5-4-6-8-14)17(23)20-21(18(19)24)15-9-11-16(22)12-10-15/h4-12,22H,2-3,13H2,1H3,(H,20,23). The van der Waals surface area contributed by atoms with Crippen molar-refractivity contribution in [2.24, 2.45) is 0 Å². The second-order valence-corrected chi connectivity index (χ2v) is 5.97. The molecule has 2 aromatic rings. The third-order valence-corrected chi connectivity index (χ3v) is 4.45. The van der Waals surface area contributed by atoms with E-state index < -0.39 is 5.41 Å². The Hall–Kier alpha value is -2.82. The minimum absolute atomic E-state index is 0.108. The zero-order valence-corrected chi connectivity index (χ0v) is 13.5. The Morgan fingerprint density at radius 2 is 1.71 bits per heavy atom. The lowest BCUT2D eigenvalue weighted by molar-refractivity contribution is -0.130. The van der Waals surface area contributed by atoms with Crippen molar-refractivity contribution in [3.63, 3.8) is 0 Å². The van der Waals surface area contributed by atoms with Crippen molar-refractivity contribution in [2.45, 2.75) is 31.6 Å². The number of rotatable bonds is 5. The Morgan fingerprint density at radius 1 is 1.04 bits per heavy atom. The number of unbranched alkanes of at least 4 members (excludes halogenated alkanes) is 1. The average Bonchev–Trinajstić information content (AvgIpc) is 2.86. The molecule has 2 aromatic carbocycles. The Morgan fingerprint density at radius 3 is 2.33 bits per heavy atom. The van der Waals surface area contributed by atoms with Gasteiger partial charge in [0.1, 0.15) is 5.75 Å². The highest BCUT2D eigenvalue weighted by molar-refractivity contribution is 6.22. The fourth-order valence-electron chi connectivity index (χ4n) is 3.10. The largest absolute Gasteiger partial charge is 0.508 e. The van der Waals surface area contributed by atoms with Crippen LogP contribution in [0.4, 0.5) is 5.69 Å². The summed E-state index contributed by atoms with van der Waals surface area (Å²) in [6.07, 6.45) is 2.14. The predicted molar refractivity (Wildman–Crippen MR) is 91.4 cm³/mol. The SMILES string of the molecule is CCCCC1(c2ccccc2)C(=O)NN(c2ccc(O)cc2)C1=O. The Kier molecular flexibility index (Phi) is 4.25. The van der Waals surface area contributed by atoms with Crippen LogP contribution in [0.15, 0.2) is 54.6 Å². The summed E-state index contributed by atoms with van der Waals surface area (Å²) in [6, 6.07) is 15.4. The minimum Gasteiger partial charge on any atom is -0.508 e. The third kappa shape index (κ3) is 2.52. The highest BCUT2D eigenvalue weighted by atomic mass is 16.3. The van der Waals surface area contributed by atoms with Crippen LogP contribution < -0.4 is 10.4 Å². The number of anilines is 1. The van der Waals surface area contributed by atoms with Gasteiger partial charge in [-0.3, -0.25) is 15.0 Å². The number of hydrogen-bond donors (Lipinski definition) is 2. The Bertz CT molecular complexity index is 743. The molecule has 0 radical (unpaired) electrons. The summed E-state index contributed by atoms with van der Waals surface area (Å²) in [6.45, 7) is 2.04. The number of benzene rings is 2. The van der Waals surface area contributed by atoms with Crippen molar-refractivity contribution in [3.05, 3.63) is 60.2 Å². The van der Waals surface area contributed by atoms with Gasteiger partial charge in [-0.05, 0) is 36.2 Å². The van der Waals surface area contributed by atoms with E-state index in [4.69, 9.17) is 0 Å². The summed E-state index contributed by atoms with van der Waals surface area (Å²) in [4.78, 5) is 26.1. The van der Waals surface area contributed by atoms with E-state index >= 15 is 0 Å². The Labute approximate surface area is 140 Å². The number of nitrogens with one attached hydrogen (secondary N) is 1. The second kappa shape index (κ2) is 6.35. The number of phenolic OH excluding ortho intramolecular Hbond substituents is 1. The van der Waals surface area contributed by atoms with Gasteiger partial charge in [0, 0.05) is 0 Å². The van der Waals surface area contributed by atoms with Crippen molar-refractivity contribution in [2.75, 3.05) is 5.01 Å². The number of carbonyl (C=O) groups is 2. The maximum Gasteiger partial charge on any atom is 0.265 e. The molecule has 2 amide bonds. The first-order valence-electron chi connectivity index (χ1n) is 8.10. The fourth-order valence-corrected chi connectivity index (χ4v) is 3.10. The van der Waals surface area contributed by atoms with Gasteiger partial charge >= 0.3 is 0 Å². The monoisotopic (exact) mass is 324 g/mol. The number of hydrazine groups is 1. The first-order chi connectivity index (χ1) is 11.6. The van der Waals surface area contributed by atoms with Crippen LogP contribution in [0, 0.1) is 0 Å². The first kappa shape index (κ1) is 16.1. The van der Waals surface area contributed by atoms with Gasteiger partial charge in [0.15, 0.2) is 5.41 Å². The Balaban J connectivity index is 2.04. The zero-order chi connectivity index (χ0) is 17.2. The number of carbonyl (C=O) groups excluding carboxylic acids is 2. The summed E-state index contributed by atoms with van der Waals surface area (Å²) < 4.78 is 0. The molecule has 0 aromatic heterocycles. The number of hydrogen-bond acceptors (Lipinski definition) is 3. The van der Waals surface area contributed by atoms with Gasteiger partial charge in [-0.1, -0.05) is 50.1 Å². The molecule has 1 aliphatic rings. The van der Waals surface area contributed by atoms with Crippen LogP contribution in [0.5, 0.6) is 5.75 Å². The number of nitrogens with zero attached hydrogens (tertiary/aromatic N) is 1. The van der Waals surface area contributed by atoms with Gasteiger partial charge in [-0.25, -0.2) is 5.01 Å². The molecule has 5 nitrogen and oxygen atoms in total. The molecular weight excluding hydrogens is 304 g/mol. The van der Waals surface area contributed by atoms with Crippen molar-refractivity contribution in [3.8, 4) is 5.75 Å². The second-order valence-electron chi connectivity index (χ2n) is 5.97. The molecule has 0 aliphatic carbocycles. The predicted octanol–water partition coefficient (Wildman–Crippen LogP) is 2.90. The van der Waals surface area contributed by atoms with E-state index in [1.807, 2.05) is 37.3 Å². The number of phenols is 1. The van der Waals surface area contributed by atoms with E-state index in [0.717, 1.165) is 12.8 Å². The van der Waals surface area contributed by atoms with Crippen LogP contribution in [0.3, 0.4) is 0 Å². The molecule has 1 fully saturated rings. The maximum absolute atomic E-state index is 13.2. The molecule has 3 rings (SSSR count). The van der Waals surface area contributed by atoms with Crippen molar-refractivity contribution >= 4 is 17.5 Å². The summed E-state index contributed by atoms with van der Waals surface area (Å²) in [5.74, 6) is -0.477. The summed E-state index contributed by atoms with van der Waals surface area (Å²) in [5.41, 5.74) is 2.74. The summed E-state index contributed by atoms with van der Waals surface area (Å²) in [7, 11) is 0. The summed E-state index contributed by atoms with van der Waals surface area (Å²) >= 11 is 0. The molecule has 1 heterocycles. The molecule has 24 heavy (non-hydrogen) atoms. The van der Waals surface area contributed by atoms with Gasteiger partial charge in [0.05, 0.1) is 5.69 Å². The van der Waals surface area contributed by atoms with E-state index in [0.29, 0.717) is 17.7 Å². The smallest absolute Gasteiger partial charge is 0.265 e. The molecule has 0 bridgehead atoms. The molecule has 0 spiro atoms. The maximum atomic E-state index is 13.2. The zero-order valence-electron chi connectivity index (χ0n) is 13.5. The van der Waals surface area contributed by atoms with E-state index in [9.17, 15) is 14.7 Å². The van der Waals surface area contributed by atoms with Gasteiger partial charge in [-0.2, -0.15) is 0 Å². The lowest BCUT2D eigenvalue weighted by Gasteiger charge is -2.24. The molecule has 124 valence electrons. The van der Waals surface area contributed by atoms with Gasteiger partial charge in [0.2, 0.25) is 0 Å².